The van der Waals surface area contributed by atoms with Crippen molar-refractivity contribution in [1.29, 1.82) is 0 Å². The summed E-state index contributed by atoms with van der Waals surface area (Å²) in [7, 11) is 0. The summed E-state index contributed by atoms with van der Waals surface area (Å²) in [4.78, 5) is 27.7. The van der Waals surface area contributed by atoms with E-state index in [0.717, 1.165) is 28.5 Å². The van der Waals surface area contributed by atoms with Crippen molar-refractivity contribution in [2.75, 3.05) is 31.1 Å². The number of nitrogens with one attached hydrogen (secondary N) is 1. The van der Waals surface area contributed by atoms with Crippen molar-refractivity contribution in [3.63, 3.8) is 0 Å². The van der Waals surface area contributed by atoms with E-state index in [1.54, 1.807) is 17.0 Å². The van der Waals surface area contributed by atoms with Crippen LogP contribution in [0.15, 0.2) is 24.3 Å². The van der Waals surface area contributed by atoms with E-state index in [4.69, 9.17) is 0 Å². The molecule has 0 atom stereocenters. The summed E-state index contributed by atoms with van der Waals surface area (Å²) in [5, 5.41) is 12.9. The summed E-state index contributed by atoms with van der Waals surface area (Å²) in [5.41, 5.74) is 0.983. The summed E-state index contributed by atoms with van der Waals surface area (Å²) >= 11 is 1.50. The largest absolute Gasteiger partial charge is 0.345 e. The van der Waals surface area contributed by atoms with E-state index in [2.05, 4.69) is 20.4 Å². The molecule has 2 fully saturated rings. The van der Waals surface area contributed by atoms with E-state index < -0.39 is 11.8 Å². The molecule has 2 heterocycles. The lowest BCUT2D eigenvalue weighted by Gasteiger charge is -2.33. The molecule has 7 nitrogen and oxygen atoms in total. The molecule has 0 bridgehead atoms. The monoisotopic (exact) mass is 389 g/mol. The number of aromatic nitrogens is 2. The number of amides is 2. The fourth-order valence-corrected chi connectivity index (χ4v) is 3.86. The van der Waals surface area contributed by atoms with Crippen LogP contribution in [0.2, 0.25) is 0 Å². The molecule has 1 aliphatic carbocycles. The molecule has 2 amide bonds. The van der Waals surface area contributed by atoms with Crippen LogP contribution in [-0.4, -0.2) is 59.1 Å². The molecule has 0 radical (unpaired) electrons. The van der Waals surface area contributed by atoms with E-state index >= 15 is 0 Å². The van der Waals surface area contributed by atoms with Gasteiger partial charge in [0.1, 0.15) is 10.8 Å². The minimum Gasteiger partial charge on any atom is -0.345 e. The van der Waals surface area contributed by atoms with E-state index in [9.17, 15) is 14.0 Å². The molecular formula is C18H20FN5O2S. The second-order valence-electron chi connectivity index (χ2n) is 6.81. The number of carbonyl (C=O) groups excluding carboxylic acids is 2. The molecule has 1 aromatic carbocycles. The summed E-state index contributed by atoms with van der Waals surface area (Å²) in [6.07, 6.45) is 2.53. The Labute approximate surface area is 160 Å². The Hall–Kier alpha value is -2.55. The second kappa shape index (κ2) is 7.59. The zero-order valence-corrected chi connectivity index (χ0v) is 15.5. The highest BCUT2D eigenvalue weighted by molar-refractivity contribution is 7.15. The van der Waals surface area contributed by atoms with Gasteiger partial charge in [-0.25, -0.2) is 4.39 Å². The normalized spacial score (nSPS) is 17.1. The van der Waals surface area contributed by atoms with Crippen LogP contribution in [0.4, 0.5) is 9.52 Å². The first-order chi connectivity index (χ1) is 13.1. The standard InChI is InChI=1S/C18H20FN5O2S/c19-13-3-1-12(2-4-13)11-15-21-22-18(27-15)24-9-7-23(8-10-24)17(26)16(25)20-14-5-6-14/h1-4,14H,5-11H2,(H,20,25). The minimum absolute atomic E-state index is 0.184. The van der Waals surface area contributed by atoms with Crippen LogP contribution in [0.25, 0.3) is 0 Å². The predicted molar refractivity (Wildman–Crippen MR) is 99.1 cm³/mol. The summed E-state index contributed by atoms with van der Waals surface area (Å²) in [6.45, 7) is 2.22. The van der Waals surface area contributed by atoms with Crippen LogP contribution in [0.3, 0.4) is 0 Å². The van der Waals surface area contributed by atoms with Gasteiger partial charge in [-0.15, -0.1) is 10.2 Å². The van der Waals surface area contributed by atoms with E-state index in [1.807, 2.05) is 0 Å². The Balaban J connectivity index is 1.30. The third kappa shape index (κ3) is 4.41. The second-order valence-corrected chi connectivity index (χ2v) is 7.85. The number of nitrogens with zero attached hydrogens (tertiary/aromatic N) is 4. The molecule has 4 rings (SSSR count). The van der Waals surface area contributed by atoms with Crippen molar-refractivity contribution in [2.24, 2.45) is 0 Å². The average Bonchev–Trinajstić information content (AvgIpc) is 3.38. The van der Waals surface area contributed by atoms with Gasteiger partial charge in [-0.2, -0.15) is 0 Å². The maximum absolute atomic E-state index is 13.0. The van der Waals surface area contributed by atoms with Crippen molar-refractivity contribution in [3.8, 4) is 0 Å². The first kappa shape index (κ1) is 17.8. The van der Waals surface area contributed by atoms with Gasteiger partial charge >= 0.3 is 11.8 Å². The van der Waals surface area contributed by atoms with E-state index in [1.165, 1.54) is 23.5 Å². The Morgan fingerprint density at radius 2 is 1.81 bits per heavy atom. The Morgan fingerprint density at radius 1 is 1.11 bits per heavy atom. The van der Waals surface area contributed by atoms with E-state index in [0.29, 0.717) is 32.6 Å². The van der Waals surface area contributed by atoms with Gasteiger partial charge in [-0.05, 0) is 30.5 Å². The summed E-state index contributed by atoms with van der Waals surface area (Å²) in [5.74, 6) is -1.20. The first-order valence-electron chi connectivity index (χ1n) is 9.00. The maximum atomic E-state index is 13.0. The number of halogens is 1. The summed E-state index contributed by atoms with van der Waals surface area (Å²) in [6, 6.07) is 6.55. The third-order valence-corrected chi connectivity index (χ3v) is 5.65. The highest BCUT2D eigenvalue weighted by Crippen LogP contribution is 2.24. The number of piperazine rings is 1. The van der Waals surface area contributed by atoms with Gasteiger partial charge < -0.3 is 15.1 Å². The number of benzene rings is 1. The number of carbonyl (C=O) groups is 2. The van der Waals surface area contributed by atoms with Crippen LogP contribution < -0.4 is 10.2 Å². The maximum Gasteiger partial charge on any atom is 0.312 e. The van der Waals surface area contributed by atoms with Crippen LogP contribution in [0.1, 0.15) is 23.4 Å². The molecule has 1 aliphatic heterocycles. The average molecular weight is 389 g/mol. The molecule has 1 N–H and O–H groups in total. The van der Waals surface area contributed by atoms with Gasteiger partial charge in [0.05, 0.1) is 0 Å². The van der Waals surface area contributed by atoms with Gasteiger partial charge in [0.2, 0.25) is 5.13 Å². The molecule has 1 saturated carbocycles. The van der Waals surface area contributed by atoms with Gasteiger partial charge in [-0.1, -0.05) is 23.5 Å². The Kier molecular flexibility index (Phi) is 5.02. The number of hydrogen-bond donors (Lipinski definition) is 1. The molecule has 142 valence electrons. The molecular weight excluding hydrogens is 369 g/mol. The molecule has 1 saturated heterocycles. The zero-order chi connectivity index (χ0) is 18.8. The lowest BCUT2D eigenvalue weighted by molar-refractivity contribution is -0.146. The van der Waals surface area contributed by atoms with Crippen LogP contribution >= 0.6 is 11.3 Å². The Morgan fingerprint density at radius 3 is 2.48 bits per heavy atom. The van der Waals surface area contributed by atoms with Crippen molar-refractivity contribution >= 4 is 28.3 Å². The Bertz CT molecular complexity index is 829. The fraction of sp³-hybridized carbons (Fsp3) is 0.444. The molecule has 2 aromatic rings. The highest BCUT2D eigenvalue weighted by atomic mass is 32.1. The predicted octanol–water partition coefficient (Wildman–Crippen LogP) is 1.20. The van der Waals surface area contributed by atoms with Crippen LogP contribution in [-0.2, 0) is 16.0 Å². The molecule has 9 heteroatoms. The van der Waals surface area contributed by atoms with Crippen LogP contribution in [0, 0.1) is 5.82 Å². The molecule has 0 spiro atoms. The summed E-state index contributed by atoms with van der Waals surface area (Å²) < 4.78 is 13.0. The molecule has 27 heavy (non-hydrogen) atoms. The number of rotatable bonds is 4. The molecule has 2 aliphatic rings. The topological polar surface area (TPSA) is 78.4 Å². The van der Waals surface area contributed by atoms with Gasteiger partial charge in [0, 0.05) is 38.6 Å². The molecule has 0 unspecified atom stereocenters. The van der Waals surface area contributed by atoms with Crippen molar-refractivity contribution in [2.45, 2.75) is 25.3 Å². The smallest absolute Gasteiger partial charge is 0.312 e. The molecule has 1 aromatic heterocycles. The number of anilines is 1. The quantitative estimate of drug-likeness (QED) is 0.795. The van der Waals surface area contributed by atoms with Crippen molar-refractivity contribution in [1.82, 2.24) is 20.4 Å². The van der Waals surface area contributed by atoms with Crippen molar-refractivity contribution in [3.05, 3.63) is 40.7 Å². The third-order valence-electron chi connectivity index (χ3n) is 4.67. The van der Waals surface area contributed by atoms with Gasteiger partial charge in [-0.3, -0.25) is 9.59 Å². The fourth-order valence-electron chi connectivity index (χ4n) is 2.94. The minimum atomic E-state index is -0.497. The van der Waals surface area contributed by atoms with E-state index in [-0.39, 0.29) is 11.9 Å². The first-order valence-corrected chi connectivity index (χ1v) is 9.81. The number of hydrogen-bond acceptors (Lipinski definition) is 6. The zero-order valence-electron chi connectivity index (χ0n) is 14.7. The van der Waals surface area contributed by atoms with Gasteiger partial charge in [0.25, 0.3) is 0 Å². The lowest BCUT2D eigenvalue weighted by atomic mass is 10.2. The SMILES string of the molecule is O=C(NC1CC1)C(=O)N1CCN(c2nnc(Cc3ccc(F)cc3)s2)CC1. The lowest BCUT2D eigenvalue weighted by Crippen LogP contribution is -2.53. The van der Waals surface area contributed by atoms with Gasteiger partial charge in [0.15, 0.2) is 0 Å². The van der Waals surface area contributed by atoms with Crippen LogP contribution in [0.5, 0.6) is 0 Å². The highest BCUT2D eigenvalue weighted by Gasteiger charge is 2.31. The van der Waals surface area contributed by atoms with Crippen molar-refractivity contribution < 1.29 is 14.0 Å².